The first-order chi connectivity index (χ1) is 7.27. The van der Waals surface area contributed by atoms with Gasteiger partial charge in [-0.05, 0) is 34.5 Å². The maximum Gasteiger partial charge on any atom is 0.229 e. The van der Waals surface area contributed by atoms with Crippen LogP contribution < -0.4 is 5.32 Å². The summed E-state index contributed by atoms with van der Waals surface area (Å²) in [5, 5.41) is 2.82. The zero-order valence-electron chi connectivity index (χ0n) is 8.07. The quantitative estimate of drug-likeness (QED) is 0.835. The molecule has 2 heterocycles. The summed E-state index contributed by atoms with van der Waals surface area (Å²) in [6, 6.07) is 3.59. The number of hydrogen-bond donors (Lipinski definition) is 1. The molecule has 5 heteroatoms. The van der Waals surface area contributed by atoms with Crippen molar-refractivity contribution in [3.63, 3.8) is 0 Å². The SMILES string of the molecule is O=C(Nc1cccnc1Br)C1CCOC1. The summed E-state index contributed by atoms with van der Waals surface area (Å²) in [5.41, 5.74) is 0.703. The highest BCUT2D eigenvalue weighted by Gasteiger charge is 2.23. The molecule has 1 N–H and O–H groups in total. The molecule has 0 radical (unpaired) electrons. The molecule has 0 saturated carbocycles. The number of rotatable bonds is 2. The lowest BCUT2D eigenvalue weighted by Gasteiger charge is -2.09. The highest BCUT2D eigenvalue weighted by molar-refractivity contribution is 9.10. The predicted molar refractivity (Wildman–Crippen MR) is 59.5 cm³/mol. The van der Waals surface area contributed by atoms with E-state index in [0.717, 1.165) is 6.42 Å². The number of carbonyl (C=O) groups excluding carboxylic acids is 1. The van der Waals surface area contributed by atoms with Gasteiger partial charge >= 0.3 is 0 Å². The minimum absolute atomic E-state index is 0.00111. The molecule has 2 rings (SSSR count). The van der Waals surface area contributed by atoms with Gasteiger partial charge < -0.3 is 10.1 Å². The van der Waals surface area contributed by atoms with Crippen LogP contribution in [0.15, 0.2) is 22.9 Å². The first-order valence-electron chi connectivity index (χ1n) is 4.76. The van der Waals surface area contributed by atoms with Gasteiger partial charge in [0.1, 0.15) is 4.60 Å². The van der Waals surface area contributed by atoms with Gasteiger partial charge in [-0.15, -0.1) is 0 Å². The first-order valence-corrected chi connectivity index (χ1v) is 5.56. The van der Waals surface area contributed by atoms with Crippen molar-refractivity contribution in [3.05, 3.63) is 22.9 Å². The lowest BCUT2D eigenvalue weighted by molar-refractivity contribution is -0.119. The molecule has 4 nitrogen and oxygen atoms in total. The lowest BCUT2D eigenvalue weighted by Crippen LogP contribution is -2.23. The minimum atomic E-state index is -0.0305. The number of ether oxygens (including phenoxy) is 1. The van der Waals surface area contributed by atoms with E-state index in [0.29, 0.717) is 23.5 Å². The van der Waals surface area contributed by atoms with Gasteiger partial charge in [-0.1, -0.05) is 0 Å². The van der Waals surface area contributed by atoms with Gasteiger partial charge in [-0.2, -0.15) is 0 Å². The topological polar surface area (TPSA) is 51.2 Å². The van der Waals surface area contributed by atoms with Crippen LogP contribution in [0.1, 0.15) is 6.42 Å². The van der Waals surface area contributed by atoms with E-state index in [4.69, 9.17) is 4.74 Å². The van der Waals surface area contributed by atoms with Crippen LogP contribution in [-0.4, -0.2) is 24.1 Å². The average molecular weight is 271 g/mol. The smallest absolute Gasteiger partial charge is 0.229 e. The van der Waals surface area contributed by atoms with Crippen LogP contribution >= 0.6 is 15.9 Å². The number of pyridine rings is 1. The second-order valence-electron chi connectivity index (χ2n) is 3.39. The molecule has 1 aliphatic heterocycles. The second-order valence-corrected chi connectivity index (χ2v) is 4.14. The summed E-state index contributed by atoms with van der Waals surface area (Å²) in [7, 11) is 0. The van der Waals surface area contributed by atoms with Crippen molar-refractivity contribution in [2.24, 2.45) is 5.92 Å². The Morgan fingerprint density at radius 3 is 3.20 bits per heavy atom. The number of nitrogens with zero attached hydrogens (tertiary/aromatic N) is 1. The summed E-state index contributed by atoms with van der Waals surface area (Å²) in [5.74, 6) is -0.0293. The summed E-state index contributed by atoms with van der Waals surface area (Å²) < 4.78 is 5.81. The Kier molecular flexibility index (Phi) is 3.33. The number of nitrogens with one attached hydrogen (secondary N) is 1. The van der Waals surface area contributed by atoms with Crippen molar-refractivity contribution in [1.82, 2.24) is 4.98 Å². The second kappa shape index (κ2) is 4.72. The standard InChI is InChI=1S/C10H11BrN2O2/c11-9-8(2-1-4-12-9)13-10(14)7-3-5-15-6-7/h1-2,4,7H,3,5-6H2,(H,13,14). The Morgan fingerprint density at radius 1 is 1.67 bits per heavy atom. The van der Waals surface area contributed by atoms with Gasteiger partial charge in [0, 0.05) is 12.8 Å². The molecule has 1 aromatic heterocycles. The molecule has 15 heavy (non-hydrogen) atoms. The molecule has 1 aromatic rings. The van der Waals surface area contributed by atoms with Crippen molar-refractivity contribution in [2.75, 3.05) is 18.5 Å². The van der Waals surface area contributed by atoms with Crippen LogP contribution in [0.3, 0.4) is 0 Å². The third kappa shape index (κ3) is 2.54. The third-order valence-corrected chi connectivity index (χ3v) is 2.95. The summed E-state index contributed by atoms with van der Waals surface area (Å²) in [4.78, 5) is 15.8. The van der Waals surface area contributed by atoms with Gasteiger partial charge in [0.05, 0.1) is 18.2 Å². The van der Waals surface area contributed by atoms with Crippen molar-refractivity contribution >= 4 is 27.5 Å². The number of anilines is 1. The first kappa shape index (κ1) is 10.6. The maximum atomic E-state index is 11.7. The van der Waals surface area contributed by atoms with E-state index < -0.39 is 0 Å². The van der Waals surface area contributed by atoms with Gasteiger partial charge in [0.2, 0.25) is 5.91 Å². The van der Waals surface area contributed by atoms with Crippen LogP contribution in [0.4, 0.5) is 5.69 Å². The molecule has 1 fully saturated rings. The Bertz CT molecular complexity index is 364. The van der Waals surface area contributed by atoms with E-state index in [9.17, 15) is 4.79 Å². The number of aromatic nitrogens is 1. The molecule has 1 amide bonds. The molecule has 0 aliphatic carbocycles. The highest BCUT2D eigenvalue weighted by Crippen LogP contribution is 2.21. The number of amides is 1. The van der Waals surface area contributed by atoms with E-state index in [1.54, 1.807) is 12.3 Å². The minimum Gasteiger partial charge on any atom is -0.381 e. The van der Waals surface area contributed by atoms with E-state index in [2.05, 4.69) is 26.2 Å². The van der Waals surface area contributed by atoms with E-state index >= 15 is 0 Å². The van der Waals surface area contributed by atoms with Crippen molar-refractivity contribution in [1.29, 1.82) is 0 Å². The molecular weight excluding hydrogens is 260 g/mol. The van der Waals surface area contributed by atoms with Gasteiger partial charge in [-0.3, -0.25) is 4.79 Å². The fourth-order valence-corrected chi connectivity index (χ4v) is 1.80. The molecular formula is C10H11BrN2O2. The van der Waals surface area contributed by atoms with Crippen molar-refractivity contribution in [2.45, 2.75) is 6.42 Å². The zero-order valence-corrected chi connectivity index (χ0v) is 9.66. The molecule has 80 valence electrons. The van der Waals surface area contributed by atoms with Crippen LogP contribution in [0.5, 0.6) is 0 Å². The molecule has 1 unspecified atom stereocenters. The predicted octanol–water partition coefficient (Wildman–Crippen LogP) is 1.82. The third-order valence-electron chi connectivity index (χ3n) is 2.32. The number of carbonyl (C=O) groups is 1. The fraction of sp³-hybridized carbons (Fsp3) is 0.400. The Hall–Kier alpha value is -0.940. The molecule has 0 aromatic carbocycles. The molecule has 1 saturated heterocycles. The van der Waals surface area contributed by atoms with Gasteiger partial charge in [0.15, 0.2) is 0 Å². The number of halogens is 1. The van der Waals surface area contributed by atoms with Crippen molar-refractivity contribution < 1.29 is 9.53 Å². The molecule has 1 aliphatic rings. The Labute approximate surface area is 96.2 Å². The van der Waals surface area contributed by atoms with E-state index in [1.165, 1.54) is 0 Å². The lowest BCUT2D eigenvalue weighted by atomic mass is 10.1. The van der Waals surface area contributed by atoms with Crippen LogP contribution in [-0.2, 0) is 9.53 Å². The number of hydrogen-bond acceptors (Lipinski definition) is 3. The molecule has 0 spiro atoms. The van der Waals surface area contributed by atoms with E-state index in [-0.39, 0.29) is 11.8 Å². The Balaban J connectivity index is 2.02. The van der Waals surface area contributed by atoms with Gasteiger partial charge in [0.25, 0.3) is 0 Å². The summed E-state index contributed by atoms with van der Waals surface area (Å²) >= 11 is 3.28. The van der Waals surface area contributed by atoms with Crippen LogP contribution in [0.25, 0.3) is 0 Å². The highest BCUT2D eigenvalue weighted by atomic mass is 79.9. The average Bonchev–Trinajstić information content (AvgIpc) is 2.74. The summed E-state index contributed by atoms with van der Waals surface area (Å²) in [6.07, 6.45) is 2.46. The van der Waals surface area contributed by atoms with Gasteiger partial charge in [-0.25, -0.2) is 4.98 Å². The monoisotopic (exact) mass is 270 g/mol. The molecule has 1 atom stereocenters. The normalized spacial score (nSPS) is 20.2. The van der Waals surface area contributed by atoms with Crippen molar-refractivity contribution in [3.8, 4) is 0 Å². The fourth-order valence-electron chi connectivity index (χ4n) is 1.46. The van der Waals surface area contributed by atoms with E-state index in [1.807, 2.05) is 6.07 Å². The zero-order chi connectivity index (χ0) is 10.7. The largest absolute Gasteiger partial charge is 0.381 e. The van der Waals surface area contributed by atoms with Crippen LogP contribution in [0, 0.1) is 5.92 Å². The van der Waals surface area contributed by atoms with Crippen LogP contribution in [0.2, 0.25) is 0 Å². The molecule has 0 bridgehead atoms. The maximum absolute atomic E-state index is 11.7. The Morgan fingerprint density at radius 2 is 2.53 bits per heavy atom. The summed E-state index contributed by atoms with van der Waals surface area (Å²) in [6.45, 7) is 1.19.